The first kappa shape index (κ1) is 11.6. The number of carbonyl (C=O) groups is 1. The SMILES string of the molecule is O=C(CS(=O)[O-])NC1CCCCNC1. The number of amides is 1. The zero-order valence-corrected chi connectivity index (χ0v) is 8.77. The van der Waals surface area contributed by atoms with Crippen LogP contribution in [0.5, 0.6) is 0 Å². The lowest BCUT2D eigenvalue weighted by atomic mass is 10.1. The van der Waals surface area contributed by atoms with E-state index in [1.807, 2.05) is 0 Å². The van der Waals surface area contributed by atoms with E-state index < -0.39 is 22.7 Å². The van der Waals surface area contributed by atoms with E-state index in [9.17, 15) is 13.6 Å². The molecule has 0 radical (unpaired) electrons. The molecule has 6 heteroatoms. The molecule has 1 amide bonds. The highest BCUT2D eigenvalue weighted by Crippen LogP contribution is 2.03. The zero-order chi connectivity index (χ0) is 10.4. The highest BCUT2D eigenvalue weighted by Gasteiger charge is 2.13. The summed E-state index contributed by atoms with van der Waals surface area (Å²) < 4.78 is 20.5. The Balaban J connectivity index is 2.27. The van der Waals surface area contributed by atoms with Crippen LogP contribution in [0.3, 0.4) is 0 Å². The van der Waals surface area contributed by atoms with Crippen molar-refractivity contribution in [2.75, 3.05) is 18.8 Å². The van der Waals surface area contributed by atoms with Crippen LogP contribution in [-0.4, -0.2) is 39.6 Å². The molecule has 0 aromatic carbocycles. The maximum Gasteiger partial charge on any atom is 0.231 e. The van der Waals surface area contributed by atoms with Crippen molar-refractivity contribution in [3.63, 3.8) is 0 Å². The molecule has 2 N–H and O–H groups in total. The first-order valence-electron chi connectivity index (χ1n) is 4.74. The maximum atomic E-state index is 11.1. The van der Waals surface area contributed by atoms with Crippen LogP contribution >= 0.6 is 0 Å². The lowest BCUT2D eigenvalue weighted by Gasteiger charge is -2.16. The average molecular weight is 219 g/mol. The Morgan fingerprint density at radius 3 is 3.07 bits per heavy atom. The predicted molar refractivity (Wildman–Crippen MR) is 52.4 cm³/mol. The summed E-state index contributed by atoms with van der Waals surface area (Å²) >= 11 is -2.29. The van der Waals surface area contributed by atoms with Gasteiger partial charge in [-0.25, -0.2) is 0 Å². The van der Waals surface area contributed by atoms with Crippen LogP contribution in [0, 0.1) is 0 Å². The molecular formula is C8H15N2O3S-. The fraction of sp³-hybridized carbons (Fsp3) is 0.875. The number of carbonyl (C=O) groups excluding carboxylic acids is 1. The topological polar surface area (TPSA) is 81.3 Å². The van der Waals surface area contributed by atoms with E-state index in [1.54, 1.807) is 0 Å². The smallest absolute Gasteiger partial charge is 0.231 e. The van der Waals surface area contributed by atoms with Crippen molar-refractivity contribution in [3.05, 3.63) is 0 Å². The summed E-state index contributed by atoms with van der Waals surface area (Å²) in [5, 5.41) is 5.88. The Bertz CT molecular complexity index is 215. The highest BCUT2D eigenvalue weighted by molar-refractivity contribution is 7.79. The molecule has 1 fully saturated rings. The van der Waals surface area contributed by atoms with Crippen LogP contribution in [0.25, 0.3) is 0 Å². The second kappa shape index (κ2) is 6.10. The van der Waals surface area contributed by atoms with Gasteiger partial charge in [-0.1, -0.05) is 6.42 Å². The van der Waals surface area contributed by atoms with E-state index in [-0.39, 0.29) is 6.04 Å². The summed E-state index contributed by atoms with van der Waals surface area (Å²) in [7, 11) is 0. The summed E-state index contributed by atoms with van der Waals surface area (Å²) in [6, 6.07) is 0.0774. The summed E-state index contributed by atoms with van der Waals surface area (Å²) in [5.41, 5.74) is 0. The minimum atomic E-state index is -2.29. The largest absolute Gasteiger partial charge is 0.772 e. The summed E-state index contributed by atoms with van der Waals surface area (Å²) in [6.07, 6.45) is 3.10. The monoisotopic (exact) mass is 219 g/mol. The van der Waals surface area contributed by atoms with Crippen LogP contribution in [0.4, 0.5) is 0 Å². The van der Waals surface area contributed by atoms with Crippen molar-refractivity contribution in [1.29, 1.82) is 0 Å². The molecule has 0 aliphatic carbocycles. The number of hydrogen-bond donors (Lipinski definition) is 2. The van der Waals surface area contributed by atoms with Gasteiger partial charge in [0.05, 0.1) is 5.75 Å². The molecule has 2 atom stereocenters. The Morgan fingerprint density at radius 1 is 1.57 bits per heavy atom. The van der Waals surface area contributed by atoms with Crippen LogP contribution in [0.15, 0.2) is 0 Å². The Labute approximate surface area is 85.9 Å². The molecule has 1 aliphatic heterocycles. The molecule has 0 saturated carbocycles. The molecule has 82 valence electrons. The molecule has 1 rings (SSSR count). The normalized spacial score (nSPS) is 25.1. The van der Waals surface area contributed by atoms with Crippen molar-refractivity contribution < 1.29 is 13.6 Å². The van der Waals surface area contributed by atoms with E-state index in [0.29, 0.717) is 0 Å². The third-order valence-corrected chi connectivity index (χ3v) is 2.66. The molecular weight excluding hydrogens is 204 g/mol. The molecule has 5 nitrogen and oxygen atoms in total. The second-order valence-electron chi connectivity index (χ2n) is 3.41. The Morgan fingerprint density at radius 2 is 2.36 bits per heavy atom. The maximum absolute atomic E-state index is 11.1. The average Bonchev–Trinajstić information content (AvgIpc) is 2.31. The van der Waals surface area contributed by atoms with E-state index in [0.717, 1.165) is 32.4 Å². The van der Waals surface area contributed by atoms with Crippen LogP contribution in [0.2, 0.25) is 0 Å². The standard InChI is InChI=1S/C8H16N2O3S/c11-8(6-14(12)13)10-7-3-1-2-4-9-5-7/h7,9H,1-6H2,(H,10,11)(H,12,13)/p-1. The van der Waals surface area contributed by atoms with Crippen LogP contribution in [0.1, 0.15) is 19.3 Å². The molecule has 0 aromatic rings. The van der Waals surface area contributed by atoms with Gasteiger partial charge in [0.2, 0.25) is 5.91 Å². The van der Waals surface area contributed by atoms with E-state index in [1.165, 1.54) is 0 Å². The van der Waals surface area contributed by atoms with Gasteiger partial charge in [0.1, 0.15) is 0 Å². The van der Waals surface area contributed by atoms with Gasteiger partial charge in [-0.3, -0.25) is 9.00 Å². The van der Waals surface area contributed by atoms with Gasteiger partial charge >= 0.3 is 0 Å². The van der Waals surface area contributed by atoms with Crippen LogP contribution in [-0.2, 0) is 15.9 Å². The summed E-state index contributed by atoms with van der Waals surface area (Å²) in [6.45, 7) is 1.71. The van der Waals surface area contributed by atoms with Gasteiger partial charge in [-0.05, 0) is 30.5 Å². The number of rotatable bonds is 3. The Kier molecular flexibility index (Phi) is 5.06. The first-order valence-corrected chi connectivity index (χ1v) is 5.99. The minimum absolute atomic E-state index is 0.0774. The van der Waals surface area contributed by atoms with Crippen molar-refractivity contribution >= 4 is 17.0 Å². The Hall–Kier alpha value is -0.460. The zero-order valence-electron chi connectivity index (χ0n) is 7.95. The lowest BCUT2D eigenvalue weighted by molar-refractivity contribution is -0.119. The third-order valence-electron chi connectivity index (χ3n) is 2.16. The van der Waals surface area contributed by atoms with Crippen LogP contribution < -0.4 is 10.6 Å². The summed E-state index contributed by atoms with van der Waals surface area (Å²) in [5.74, 6) is -0.844. The fourth-order valence-corrected chi connectivity index (χ4v) is 1.82. The van der Waals surface area contributed by atoms with Gasteiger partial charge in [-0.2, -0.15) is 0 Å². The quantitative estimate of drug-likeness (QED) is 0.604. The first-order chi connectivity index (χ1) is 6.68. The van der Waals surface area contributed by atoms with Gasteiger partial charge in [-0.15, -0.1) is 0 Å². The van der Waals surface area contributed by atoms with Gasteiger partial charge < -0.3 is 15.2 Å². The van der Waals surface area contributed by atoms with E-state index >= 15 is 0 Å². The molecule has 1 aliphatic rings. The molecule has 0 aromatic heterocycles. The third kappa shape index (κ3) is 4.69. The van der Waals surface area contributed by atoms with Gasteiger partial charge in [0.25, 0.3) is 0 Å². The number of nitrogens with one attached hydrogen (secondary N) is 2. The molecule has 0 spiro atoms. The predicted octanol–water partition coefficient (Wildman–Crippen LogP) is -0.876. The molecule has 2 unspecified atom stereocenters. The van der Waals surface area contributed by atoms with Gasteiger partial charge in [0.15, 0.2) is 0 Å². The second-order valence-corrected chi connectivity index (χ2v) is 4.31. The molecule has 1 heterocycles. The van der Waals surface area contributed by atoms with E-state index in [2.05, 4.69) is 10.6 Å². The lowest BCUT2D eigenvalue weighted by Crippen LogP contribution is -2.42. The molecule has 1 saturated heterocycles. The van der Waals surface area contributed by atoms with Crippen molar-refractivity contribution in [2.45, 2.75) is 25.3 Å². The molecule has 0 bridgehead atoms. The van der Waals surface area contributed by atoms with E-state index in [4.69, 9.17) is 0 Å². The van der Waals surface area contributed by atoms with Crippen molar-refractivity contribution in [3.8, 4) is 0 Å². The minimum Gasteiger partial charge on any atom is -0.772 e. The fourth-order valence-electron chi connectivity index (χ4n) is 1.52. The number of hydrogen-bond acceptors (Lipinski definition) is 4. The van der Waals surface area contributed by atoms with Crippen molar-refractivity contribution in [1.82, 2.24) is 10.6 Å². The van der Waals surface area contributed by atoms with Crippen molar-refractivity contribution in [2.24, 2.45) is 0 Å². The van der Waals surface area contributed by atoms with Gasteiger partial charge in [0, 0.05) is 12.6 Å². The molecule has 14 heavy (non-hydrogen) atoms. The summed E-state index contributed by atoms with van der Waals surface area (Å²) in [4.78, 5) is 11.1. The highest BCUT2D eigenvalue weighted by atomic mass is 32.2.